The minimum absolute atomic E-state index is 0.00909. The Balaban J connectivity index is 1.16. The van der Waals surface area contributed by atoms with Crippen molar-refractivity contribution in [2.24, 2.45) is 0 Å². The van der Waals surface area contributed by atoms with Gasteiger partial charge in [-0.15, -0.1) is 0 Å². The maximum Gasteiger partial charge on any atom is 0.0541 e. The highest BCUT2D eigenvalue weighted by atomic mass is 15.0. The molecule has 2 heterocycles. The normalized spacial score (nSPS) is 13.0. The lowest BCUT2D eigenvalue weighted by Crippen LogP contribution is -2.10. The van der Waals surface area contributed by atoms with E-state index in [0.717, 1.165) is 11.4 Å². The van der Waals surface area contributed by atoms with E-state index in [1.807, 2.05) is 0 Å². The molecule has 0 fully saturated rings. The lowest BCUT2D eigenvalue weighted by atomic mass is 9.84. The summed E-state index contributed by atoms with van der Waals surface area (Å²) in [4.78, 5) is 0. The Morgan fingerprint density at radius 3 is 0.842 bits per heavy atom. The van der Waals surface area contributed by atoms with Crippen LogP contribution in [0.15, 0.2) is 194 Å². The van der Waals surface area contributed by atoms with Gasteiger partial charge in [0, 0.05) is 32.9 Å². The molecule has 11 aromatic carbocycles. The molecule has 76 heavy (non-hydrogen) atoms. The summed E-state index contributed by atoms with van der Waals surface area (Å²) in [6.45, 7) is 27.8. The largest absolute Gasteiger partial charge is 0.309 e. The Morgan fingerprint density at radius 2 is 0.539 bits per heavy atom. The molecule has 0 N–H and O–H groups in total. The molecule has 2 heteroatoms. The third-order valence-corrected chi connectivity index (χ3v) is 16.7. The maximum atomic E-state index is 2.52. The van der Waals surface area contributed by atoms with Gasteiger partial charge in [0.2, 0.25) is 0 Å². The van der Waals surface area contributed by atoms with Crippen LogP contribution in [0, 0.1) is 0 Å². The first-order valence-corrected chi connectivity index (χ1v) is 27.4. The van der Waals surface area contributed by atoms with Crippen molar-refractivity contribution in [2.75, 3.05) is 0 Å². The van der Waals surface area contributed by atoms with Crippen LogP contribution < -0.4 is 0 Å². The molecule has 0 aliphatic heterocycles. The molecule has 0 amide bonds. The van der Waals surface area contributed by atoms with Gasteiger partial charge in [0.05, 0.1) is 22.1 Å². The van der Waals surface area contributed by atoms with Crippen LogP contribution in [-0.4, -0.2) is 9.13 Å². The highest BCUT2D eigenvalue weighted by Gasteiger charge is 2.26. The van der Waals surface area contributed by atoms with E-state index in [4.69, 9.17) is 0 Å². The molecule has 0 bridgehead atoms. The number of hydrogen-bond acceptors (Lipinski definition) is 0. The molecule has 0 radical (unpaired) electrons. The fraction of sp³-hybridized carbons (Fsp3) is 0.216. The number of hydrogen-bond donors (Lipinski definition) is 0. The van der Waals surface area contributed by atoms with Gasteiger partial charge in [0.15, 0.2) is 0 Å². The van der Waals surface area contributed by atoms with Crippen molar-refractivity contribution in [3.8, 4) is 33.6 Å². The molecule has 0 spiro atoms. The molecular formula is C74H68N2. The van der Waals surface area contributed by atoms with E-state index in [1.54, 1.807) is 0 Å². The van der Waals surface area contributed by atoms with Crippen LogP contribution in [0.25, 0.3) is 120 Å². The van der Waals surface area contributed by atoms with Crippen molar-refractivity contribution in [2.45, 2.75) is 105 Å². The van der Waals surface area contributed by atoms with Gasteiger partial charge in [-0.1, -0.05) is 192 Å². The van der Waals surface area contributed by atoms with Crippen molar-refractivity contribution in [3.05, 3.63) is 216 Å². The smallest absolute Gasteiger partial charge is 0.0541 e. The van der Waals surface area contributed by atoms with Crippen LogP contribution in [0.3, 0.4) is 0 Å². The Labute approximate surface area is 448 Å². The van der Waals surface area contributed by atoms with E-state index in [2.05, 4.69) is 286 Å². The van der Waals surface area contributed by atoms with Crippen molar-refractivity contribution >= 4 is 86.7 Å². The fourth-order valence-corrected chi connectivity index (χ4v) is 12.3. The Kier molecular flexibility index (Phi) is 10.5. The van der Waals surface area contributed by atoms with Gasteiger partial charge in [-0.05, 0) is 194 Å². The molecule has 0 aliphatic rings. The van der Waals surface area contributed by atoms with Gasteiger partial charge >= 0.3 is 0 Å². The predicted octanol–water partition coefficient (Wildman–Crippen LogP) is 21.0. The fourth-order valence-electron chi connectivity index (χ4n) is 12.3. The number of nitrogens with zero attached hydrogens (tertiary/aromatic N) is 2. The Morgan fingerprint density at radius 1 is 0.237 bits per heavy atom. The van der Waals surface area contributed by atoms with Crippen LogP contribution in [0.4, 0.5) is 0 Å². The molecule has 0 unspecified atom stereocenters. The third-order valence-electron chi connectivity index (χ3n) is 16.7. The van der Waals surface area contributed by atoms with Crippen molar-refractivity contribution in [1.29, 1.82) is 0 Å². The van der Waals surface area contributed by atoms with Crippen LogP contribution >= 0.6 is 0 Å². The highest BCUT2D eigenvalue weighted by molar-refractivity contribution is 6.23. The van der Waals surface area contributed by atoms with Gasteiger partial charge in [-0.25, -0.2) is 0 Å². The van der Waals surface area contributed by atoms with E-state index in [-0.39, 0.29) is 21.7 Å². The van der Waals surface area contributed by atoms with Gasteiger partial charge < -0.3 is 9.13 Å². The zero-order valence-electron chi connectivity index (χ0n) is 46.4. The van der Waals surface area contributed by atoms with E-state index in [9.17, 15) is 0 Å². The summed E-state index contributed by atoms with van der Waals surface area (Å²) in [5, 5.41) is 15.0. The van der Waals surface area contributed by atoms with E-state index in [1.165, 1.54) is 131 Å². The summed E-state index contributed by atoms with van der Waals surface area (Å²) in [5.41, 5.74) is 17.5. The number of aromatic nitrogens is 2. The van der Waals surface area contributed by atoms with Gasteiger partial charge in [0.1, 0.15) is 0 Å². The summed E-state index contributed by atoms with van der Waals surface area (Å²) in [6, 6.07) is 75.0. The van der Waals surface area contributed by atoms with Gasteiger partial charge in [0.25, 0.3) is 0 Å². The molecule has 13 rings (SSSR count). The SMILES string of the molecule is CC(C)(C)c1ccc2c(c1)c1cc(C(C)(C)C)ccc1n2-c1ccc2c(-c3ccc4ccccc4c3)c3cc(-n4c5ccc(C(C)(C)C)cc5c5cc(C(C)(C)C)ccc54)ccc3c(-c3ccc4ccccc4c3)c2c1. The lowest BCUT2D eigenvalue weighted by Gasteiger charge is -2.21. The average Bonchev–Trinajstić information content (AvgIpc) is 3.97. The first-order chi connectivity index (χ1) is 36.2. The Bertz CT molecular complexity index is 4110. The first kappa shape index (κ1) is 47.8. The van der Waals surface area contributed by atoms with Crippen molar-refractivity contribution < 1.29 is 0 Å². The molecule has 0 atom stereocenters. The summed E-state index contributed by atoms with van der Waals surface area (Å²) in [5.74, 6) is 0. The summed E-state index contributed by atoms with van der Waals surface area (Å²) in [6.07, 6.45) is 0. The van der Waals surface area contributed by atoms with E-state index >= 15 is 0 Å². The predicted molar refractivity (Wildman–Crippen MR) is 331 cm³/mol. The molecule has 0 aliphatic carbocycles. The number of benzene rings is 11. The number of rotatable bonds is 4. The zero-order chi connectivity index (χ0) is 52.8. The van der Waals surface area contributed by atoms with Crippen molar-refractivity contribution in [3.63, 3.8) is 0 Å². The average molecular weight is 985 g/mol. The van der Waals surface area contributed by atoms with Crippen LogP contribution in [0.1, 0.15) is 105 Å². The van der Waals surface area contributed by atoms with E-state index < -0.39 is 0 Å². The van der Waals surface area contributed by atoms with Crippen molar-refractivity contribution in [1.82, 2.24) is 9.13 Å². The first-order valence-electron chi connectivity index (χ1n) is 27.4. The molecule has 13 aromatic rings. The Hall–Kier alpha value is -7.94. The van der Waals surface area contributed by atoms with Crippen LogP contribution in [0.5, 0.6) is 0 Å². The molecule has 2 aromatic heterocycles. The highest BCUT2D eigenvalue weighted by Crippen LogP contribution is 2.48. The standard InChI is InChI=1S/C74H68N2/c1-71(2,3)51-25-33-65-59(39-51)60-40-52(72(4,5)6)26-34-66(60)75(65)55-29-31-57-63(43-55)69(49-23-21-45-17-13-15-19-47(45)37-49)58-32-30-56(44-64(58)70(57)50-24-22-46-18-14-16-20-48(46)38-50)76-67-35-27-53(73(7,8)9)41-61(67)62-42-54(74(10,11)12)28-36-68(62)76/h13-44H,1-12H3. The second-order valence-corrected chi connectivity index (χ2v) is 25.9. The molecule has 0 saturated carbocycles. The third kappa shape index (κ3) is 7.74. The summed E-state index contributed by atoms with van der Waals surface area (Å²) >= 11 is 0. The second-order valence-electron chi connectivity index (χ2n) is 25.9. The number of fused-ring (bicyclic) bond motifs is 10. The maximum absolute atomic E-state index is 2.52. The minimum Gasteiger partial charge on any atom is -0.309 e. The molecular weight excluding hydrogens is 917 g/mol. The summed E-state index contributed by atoms with van der Waals surface area (Å²) < 4.78 is 5.04. The second kappa shape index (κ2) is 16.8. The lowest BCUT2D eigenvalue weighted by molar-refractivity contribution is 0.590. The summed E-state index contributed by atoms with van der Waals surface area (Å²) in [7, 11) is 0. The topological polar surface area (TPSA) is 9.86 Å². The minimum atomic E-state index is 0.00909. The van der Waals surface area contributed by atoms with Crippen LogP contribution in [0.2, 0.25) is 0 Å². The quantitative estimate of drug-likeness (QED) is 0.156. The van der Waals surface area contributed by atoms with E-state index in [0.29, 0.717) is 0 Å². The monoisotopic (exact) mass is 985 g/mol. The molecule has 374 valence electrons. The van der Waals surface area contributed by atoms with Gasteiger partial charge in [-0.3, -0.25) is 0 Å². The molecule has 2 nitrogen and oxygen atoms in total. The van der Waals surface area contributed by atoms with Crippen LogP contribution in [-0.2, 0) is 21.7 Å². The van der Waals surface area contributed by atoms with Gasteiger partial charge in [-0.2, -0.15) is 0 Å². The zero-order valence-corrected chi connectivity index (χ0v) is 46.4. The molecule has 0 saturated heterocycles.